The van der Waals surface area contributed by atoms with E-state index >= 15 is 0 Å². The van der Waals surface area contributed by atoms with Crippen LogP contribution in [-0.4, -0.2) is 45.0 Å². The number of amides is 1. The van der Waals surface area contributed by atoms with Crippen LogP contribution < -0.4 is 0 Å². The monoisotopic (exact) mass is 561 g/mol. The van der Waals surface area contributed by atoms with Gasteiger partial charge in [0, 0.05) is 11.7 Å². The summed E-state index contributed by atoms with van der Waals surface area (Å²) in [5.74, 6) is 1.31. The van der Waals surface area contributed by atoms with E-state index in [0.29, 0.717) is 5.92 Å². The molecule has 1 unspecified atom stereocenters. The van der Waals surface area contributed by atoms with Crippen molar-refractivity contribution in [3.05, 3.63) is 15.7 Å². The van der Waals surface area contributed by atoms with E-state index in [1.165, 1.54) is 0 Å². The average Bonchev–Trinajstić information content (AvgIpc) is 2.84. The van der Waals surface area contributed by atoms with Crippen LogP contribution in [0.15, 0.2) is 6.20 Å². The number of rotatable bonds is 6. The first-order chi connectivity index (χ1) is 13.9. The number of imidazole rings is 1. The molecule has 1 atom stereocenters. The third-order valence-corrected chi connectivity index (χ3v) is 12.6. The molecule has 8 heteroatoms. The smallest absolute Gasteiger partial charge is 0.408 e. The second-order valence-corrected chi connectivity index (χ2v) is 18.5. The molecule has 1 N–H and O–H groups in total. The van der Waals surface area contributed by atoms with Crippen molar-refractivity contribution in [1.82, 2.24) is 14.5 Å². The minimum absolute atomic E-state index is 0.0331. The second-order valence-electron chi connectivity index (χ2n) is 12.6. The number of nitrogens with zero attached hydrogens (tertiary/aromatic N) is 3. The number of carbonyl (C=O) groups is 1. The molecule has 1 aromatic heterocycles. The molecule has 3 aliphatic rings. The molecule has 0 radical (unpaired) electrons. The van der Waals surface area contributed by atoms with Gasteiger partial charge in [-0.25, -0.2) is 9.78 Å². The summed E-state index contributed by atoms with van der Waals surface area (Å²) in [4.78, 5) is 18.7. The molecule has 0 saturated heterocycles. The Balaban J connectivity index is 1.91. The molecule has 0 aliphatic heterocycles. The van der Waals surface area contributed by atoms with Crippen LogP contribution in [0, 0.1) is 9.62 Å². The van der Waals surface area contributed by atoms with Crippen LogP contribution in [0.2, 0.25) is 18.1 Å². The van der Waals surface area contributed by atoms with E-state index in [1.54, 1.807) is 4.90 Å². The predicted octanol–water partition coefficient (Wildman–Crippen LogP) is 6.62. The van der Waals surface area contributed by atoms with Gasteiger partial charge < -0.3 is 14.1 Å². The van der Waals surface area contributed by atoms with E-state index in [1.807, 2.05) is 20.8 Å². The highest BCUT2D eigenvalue weighted by Gasteiger charge is 2.74. The number of aromatic nitrogens is 2. The van der Waals surface area contributed by atoms with Crippen LogP contribution in [0.5, 0.6) is 0 Å². The quantitative estimate of drug-likeness (QED) is 0.313. The van der Waals surface area contributed by atoms with Crippen LogP contribution in [0.4, 0.5) is 4.79 Å². The van der Waals surface area contributed by atoms with Crippen molar-refractivity contribution in [2.45, 2.75) is 116 Å². The van der Waals surface area contributed by atoms with Crippen LogP contribution >= 0.6 is 22.6 Å². The van der Waals surface area contributed by atoms with Crippen molar-refractivity contribution in [3.63, 3.8) is 0 Å². The lowest BCUT2D eigenvalue weighted by Gasteiger charge is -2.75. The van der Waals surface area contributed by atoms with Crippen molar-refractivity contribution in [2.24, 2.45) is 5.92 Å². The van der Waals surface area contributed by atoms with Gasteiger partial charge in [0.25, 0.3) is 0 Å². The van der Waals surface area contributed by atoms with Crippen molar-refractivity contribution in [1.29, 1.82) is 0 Å². The fourth-order valence-electron chi connectivity index (χ4n) is 5.30. The maximum Gasteiger partial charge on any atom is 0.408 e. The summed E-state index contributed by atoms with van der Waals surface area (Å²) < 4.78 is 10.2. The van der Waals surface area contributed by atoms with Gasteiger partial charge >= 0.3 is 6.09 Å². The fraction of sp³-hybridized carbons (Fsp3) is 0.826. The molecular formula is C23H40IN3O3Si. The zero-order valence-corrected chi connectivity index (χ0v) is 24.0. The molecule has 31 heavy (non-hydrogen) atoms. The normalized spacial score (nSPS) is 27.0. The molecule has 2 bridgehead atoms. The average molecular weight is 562 g/mol. The topological polar surface area (TPSA) is 67.6 Å². The SMILES string of the molecule is CC(C)C(O[Si](C)(C)C(C)(C)C)c1nc(I)cn1C12CC(N(C(=O)O)C(C)(C)C)(C1)C2. The maximum absolute atomic E-state index is 12.1. The number of hydrogen-bond acceptors (Lipinski definition) is 3. The summed E-state index contributed by atoms with van der Waals surface area (Å²) in [5, 5.41) is 10.0. The van der Waals surface area contributed by atoms with Gasteiger partial charge in [0.15, 0.2) is 8.32 Å². The standard InChI is InChI=1S/C23H40IN3O3Si/c1-15(2)17(30-31(9,10)21(6,7)8)18-25-16(24)11-26(18)22-12-23(13-22,14-22)27(19(28)29)20(3,4)5/h11,15,17H,12-14H2,1-10H3,(H,28,29). The lowest BCUT2D eigenvalue weighted by Crippen LogP contribution is -2.81. The van der Waals surface area contributed by atoms with Crippen molar-refractivity contribution >= 4 is 37.0 Å². The third kappa shape index (κ3) is 4.09. The van der Waals surface area contributed by atoms with Crippen LogP contribution in [0.25, 0.3) is 0 Å². The molecule has 6 nitrogen and oxygen atoms in total. The summed E-state index contributed by atoms with van der Waals surface area (Å²) in [6.07, 6.45) is 3.83. The summed E-state index contributed by atoms with van der Waals surface area (Å²) in [6, 6.07) is 0. The Bertz CT molecular complexity index is 847. The molecule has 3 saturated carbocycles. The lowest BCUT2D eigenvalue weighted by molar-refractivity contribution is -0.214. The van der Waals surface area contributed by atoms with Gasteiger partial charge in [-0.3, -0.25) is 4.90 Å². The van der Waals surface area contributed by atoms with E-state index < -0.39 is 19.9 Å². The fourth-order valence-corrected chi connectivity index (χ4v) is 7.19. The summed E-state index contributed by atoms with van der Waals surface area (Å²) in [5.41, 5.74) is -0.685. The van der Waals surface area contributed by atoms with Gasteiger partial charge in [0.05, 0.1) is 11.1 Å². The van der Waals surface area contributed by atoms with Crippen LogP contribution in [0.3, 0.4) is 0 Å². The number of halogens is 1. The Labute approximate surface area is 202 Å². The minimum Gasteiger partial charge on any atom is -0.465 e. The molecule has 0 spiro atoms. The Hall–Kier alpha value is -0.613. The zero-order chi connectivity index (χ0) is 23.8. The first-order valence-corrected chi connectivity index (χ1v) is 15.3. The Morgan fingerprint density at radius 3 is 2.13 bits per heavy atom. The first kappa shape index (κ1) is 25.0. The van der Waals surface area contributed by atoms with E-state index in [9.17, 15) is 9.90 Å². The van der Waals surface area contributed by atoms with Crippen molar-refractivity contribution < 1.29 is 14.3 Å². The highest BCUT2D eigenvalue weighted by Crippen LogP contribution is 2.69. The van der Waals surface area contributed by atoms with E-state index in [2.05, 4.69) is 81.1 Å². The minimum atomic E-state index is -1.98. The maximum atomic E-state index is 12.1. The Kier molecular flexibility index (Phi) is 6.01. The van der Waals surface area contributed by atoms with Gasteiger partial charge in [-0.05, 0) is 86.7 Å². The van der Waals surface area contributed by atoms with Gasteiger partial charge in [-0.15, -0.1) is 0 Å². The molecule has 0 aromatic carbocycles. The van der Waals surface area contributed by atoms with E-state index in [-0.39, 0.29) is 22.2 Å². The zero-order valence-electron chi connectivity index (χ0n) is 20.8. The lowest BCUT2D eigenvalue weighted by atomic mass is 9.42. The molecule has 3 fully saturated rings. The summed E-state index contributed by atoms with van der Waals surface area (Å²) in [7, 11) is -1.98. The highest BCUT2D eigenvalue weighted by atomic mass is 127. The van der Waals surface area contributed by atoms with Gasteiger partial charge in [0.1, 0.15) is 15.6 Å². The van der Waals surface area contributed by atoms with E-state index in [0.717, 1.165) is 28.8 Å². The summed E-state index contributed by atoms with van der Waals surface area (Å²) in [6.45, 7) is 21.8. The van der Waals surface area contributed by atoms with Gasteiger partial charge in [0.2, 0.25) is 0 Å². The summed E-state index contributed by atoms with van der Waals surface area (Å²) >= 11 is 2.29. The van der Waals surface area contributed by atoms with Gasteiger partial charge in [-0.2, -0.15) is 0 Å². The largest absolute Gasteiger partial charge is 0.465 e. The highest BCUT2D eigenvalue weighted by molar-refractivity contribution is 14.1. The van der Waals surface area contributed by atoms with E-state index in [4.69, 9.17) is 9.41 Å². The predicted molar refractivity (Wildman–Crippen MR) is 135 cm³/mol. The number of hydrogen-bond donors (Lipinski definition) is 1. The van der Waals surface area contributed by atoms with Gasteiger partial charge in [-0.1, -0.05) is 34.6 Å². The number of carboxylic acid groups (broad SMARTS) is 1. The molecular weight excluding hydrogens is 521 g/mol. The molecule has 176 valence electrons. The van der Waals surface area contributed by atoms with Crippen molar-refractivity contribution in [2.75, 3.05) is 0 Å². The molecule has 4 rings (SSSR count). The molecule has 1 heterocycles. The van der Waals surface area contributed by atoms with Crippen molar-refractivity contribution in [3.8, 4) is 0 Å². The molecule has 1 aromatic rings. The van der Waals surface area contributed by atoms with Crippen LogP contribution in [0.1, 0.15) is 86.6 Å². The third-order valence-electron chi connectivity index (χ3n) is 7.61. The molecule has 1 amide bonds. The molecule has 3 aliphatic carbocycles. The Morgan fingerprint density at radius 2 is 1.74 bits per heavy atom. The Morgan fingerprint density at radius 1 is 1.23 bits per heavy atom. The first-order valence-electron chi connectivity index (χ1n) is 11.3. The van der Waals surface area contributed by atoms with Crippen LogP contribution in [-0.2, 0) is 9.96 Å². The second kappa shape index (κ2) is 7.45.